The van der Waals surface area contributed by atoms with Crippen LogP contribution in [0.1, 0.15) is 20.3 Å². The number of rotatable bonds is 7. The van der Waals surface area contributed by atoms with Gasteiger partial charge in [0, 0.05) is 25.9 Å². The van der Waals surface area contributed by atoms with Crippen molar-refractivity contribution in [3.05, 3.63) is 12.3 Å². The van der Waals surface area contributed by atoms with E-state index in [1.807, 2.05) is 26.2 Å². The summed E-state index contributed by atoms with van der Waals surface area (Å²) in [5.41, 5.74) is 0. The van der Waals surface area contributed by atoms with Gasteiger partial charge in [0.1, 0.15) is 0 Å². The van der Waals surface area contributed by atoms with Crippen LogP contribution in [0.15, 0.2) is 12.3 Å². The van der Waals surface area contributed by atoms with Crippen LogP contribution in [0.5, 0.6) is 6.01 Å². The summed E-state index contributed by atoms with van der Waals surface area (Å²) in [4.78, 5) is 12.7. The Morgan fingerprint density at radius 1 is 1.20 bits per heavy atom. The monoisotopic (exact) mass is 277 g/mol. The van der Waals surface area contributed by atoms with Gasteiger partial charge in [-0.2, -0.15) is 20.1 Å². The highest BCUT2D eigenvalue weighted by molar-refractivity contribution is 5.48. The molecule has 0 aliphatic carbocycles. The molecular formula is C12H19N7O. The number of ether oxygens (including phenoxy) is 1. The minimum atomic E-state index is 0.291. The van der Waals surface area contributed by atoms with Gasteiger partial charge in [0.05, 0.1) is 6.61 Å². The van der Waals surface area contributed by atoms with Crippen molar-refractivity contribution in [2.45, 2.75) is 20.3 Å². The number of nitrogens with zero attached hydrogens (tertiary/aromatic N) is 5. The van der Waals surface area contributed by atoms with E-state index < -0.39 is 0 Å². The molecule has 0 atom stereocenters. The van der Waals surface area contributed by atoms with E-state index in [4.69, 9.17) is 4.74 Å². The maximum Gasteiger partial charge on any atom is 0.323 e. The van der Waals surface area contributed by atoms with Gasteiger partial charge in [-0.15, -0.1) is 0 Å². The molecule has 20 heavy (non-hydrogen) atoms. The summed E-state index contributed by atoms with van der Waals surface area (Å²) in [6.45, 7) is 5.25. The first-order valence-corrected chi connectivity index (χ1v) is 6.60. The third-order valence-electron chi connectivity index (χ3n) is 2.37. The lowest BCUT2D eigenvalue weighted by Crippen LogP contribution is -2.10. The van der Waals surface area contributed by atoms with Crippen LogP contribution in [-0.4, -0.2) is 37.9 Å². The van der Waals surface area contributed by atoms with Crippen LogP contribution in [0.3, 0.4) is 0 Å². The summed E-state index contributed by atoms with van der Waals surface area (Å²) in [5, 5.41) is 10.4. The summed E-state index contributed by atoms with van der Waals surface area (Å²) >= 11 is 0. The Morgan fingerprint density at radius 2 is 2.00 bits per heavy atom. The first-order valence-electron chi connectivity index (χ1n) is 6.60. The van der Waals surface area contributed by atoms with Crippen LogP contribution in [0.4, 0.5) is 17.7 Å². The maximum absolute atomic E-state index is 5.34. The molecular weight excluding hydrogens is 258 g/mol. The second kappa shape index (κ2) is 6.69. The van der Waals surface area contributed by atoms with Crippen LogP contribution in [-0.2, 0) is 7.05 Å². The number of hydrogen-bond donors (Lipinski definition) is 2. The molecule has 8 heteroatoms. The van der Waals surface area contributed by atoms with Crippen molar-refractivity contribution < 1.29 is 4.74 Å². The van der Waals surface area contributed by atoms with Gasteiger partial charge >= 0.3 is 6.01 Å². The van der Waals surface area contributed by atoms with Crippen molar-refractivity contribution in [3.63, 3.8) is 0 Å². The summed E-state index contributed by atoms with van der Waals surface area (Å²) in [6.07, 6.45) is 2.82. The van der Waals surface area contributed by atoms with Crippen LogP contribution in [0.25, 0.3) is 0 Å². The minimum absolute atomic E-state index is 0.291. The molecule has 2 heterocycles. The molecule has 2 aromatic rings. The van der Waals surface area contributed by atoms with Gasteiger partial charge in [0.25, 0.3) is 0 Å². The molecule has 0 unspecified atom stereocenters. The standard InChI is InChI=1S/C12H19N7O/c1-4-7-13-10-15-11(17-12(16-10)20-5-2)14-9-6-8-19(3)18-9/h6,8H,4-5,7H2,1-3H3,(H2,13,14,15,16,17,18). The molecule has 0 aliphatic heterocycles. The molecule has 0 saturated heterocycles. The zero-order chi connectivity index (χ0) is 14.4. The second-order valence-electron chi connectivity index (χ2n) is 4.12. The normalized spacial score (nSPS) is 10.3. The fourth-order valence-corrected chi connectivity index (χ4v) is 1.52. The van der Waals surface area contributed by atoms with Crippen LogP contribution >= 0.6 is 0 Å². The Kier molecular flexibility index (Phi) is 4.70. The van der Waals surface area contributed by atoms with Gasteiger partial charge in [-0.1, -0.05) is 6.92 Å². The van der Waals surface area contributed by atoms with Gasteiger partial charge in [-0.05, 0) is 13.3 Å². The van der Waals surface area contributed by atoms with Crippen LogP contribution in [0.2, 0.25) is 0 Å². The van der Waals surface area contributed by atoms with Gasteiger partial charge in [-0.3, -0.25) is 4.68 Å². The van der Waals surface area contributed by atoms with E-state index >= 15 is 0 Å². The van der Waals surface area contributed by atoms with Crippen molar-refractivity contribution in [2.24, 2.45) is 7.05 Å². The van der Waals surface area contributed by atoms with Crippen molar-refractivity contribution >= 4 is 17.7 Å². The molecule has 0 saturated carbocycles. The largest absolute Gasteiger partial charge is 0.464 e. The minimum Gasteiger partial charge on any atom is -0.464 e. The van der Waals surface area contributed by atoms with E-state index in [1.54, 1.807) is 4.68 Å². The lowest BCUT2D eigenvalue weighted by molar-refractivity contribution is 0.312. The number of anilines is 3. The highest BCUT2D eigenvalue weighted by atomic mass is 16.5. The van der Waals surface area contributed by atoms with Crippen LogP contribution in [0, 0.1) is 0 Å². The van der Waals surface area contributed by atoms with Crippen LogP contribution < -0.4 is 15.4 Å². The predicted octanol–water partition coefficient (Wildman–Crippen LogP) is 1.57. The molecule has 8 nitrogen and oxygen atoms in total. The van der Waals surface area contributed by atoms with E-state index in [2.05, 4.69) is 37.6 Å². The first-order chi connectivity index (χ1) is 9.71. The smallest absolute Gasteiger partial charge is 0.323 e. The predicted molar refractivity (Wildman–Crippen MR) is 76.3 cm³/mol. The quantitative estimate of drug-likeness (QED) is 0.793. The average molecular weight is 277 g/mol. The molecule has 0 radical (unpaired) electrons. The molecule has 0 amide bonds. The fraction of sp³-hybridized carbons (Fsp3) is 0.500. The van der Waals surface area contributed by atoms with Crippen molar-refractivity contribution in [1.82, 2.24) is 24.7 Å². The van der Waals surface area contributed by atoms with Gasteiger partial charge in [-0.25, -0.2) is 0 Å². The Balaban J connectivity index is 2.18. The first kappa shape index (κ1) is 14.0. The molecule has 2 rings (SSSR count). The maximum atomic E-state index is 5.34. The number of hydrogen-bond acceptors (Lipinski definition) is 7. The summed E-state index contributed by atoms with van der Waals surface area (Å²) < 4.78 is 7.04. The molecule has 2 aromatic heterocycles. The third-order valence-corrected chi connectivity index (χ3v) is 2.37. The molecule has 0 spiro atoms. The summed E-state index contributed by atoms with van der Waals surface area (Å²) in [5.74, 6) is 1.56. The molecule has 0 bridgehead atoms. The lowest BCUT2D eigenvalue weighted by Gasteiger charge is -2.08. The van der Waals surface area contributed by atoms with E-state index in [0.717, 1.165) is 13.0 Å². The summed E-state index contributed by atoms with van der Waals surface area (Å²) in [7, 11) is 1.85. The molecule has 108 valence electrons. The Morgan fingerprint density at radius 3 is 2.65 bits per heavy atom. The van der Waals surface area contributed by atoms with Gasteiger partial charge in [0.15, 0.2) is 5.82 Å². The summed E-state index contributed by atoms with van der Waals surface area (Å²) in [6, 6.07) is 2.13. The topological polar surface area (TPSA) is 89.8 Å². The number of aryl methyl sites for hydroxylation is 1. The molecule has 0 aliphatic rings. The van der Waals surface area contributed by atoms with Crippen molar-refractivity contribution in [2.75, 3.05) is 23.8 Å². The molecule has 0 aromatic carbocycles. The highest BCUT2D eigenvalue weighted by Crippen LogP contribution is 2.15. The van der Waals surface area contributed by atoms with E-state index in [1.165, 1.54) is 0 Å². The molecule has 0 fully saturated rings. The Bertz CT molecular complexity index is 554. The Labute approximate surface area is 117 Å². The SMILES string of the molecule is CCCNc1nc(Nc2ccn(C)n2)nc(OCC)n1. The molecule has 2 N–H and O–H groups in total. The fourth-order valence-electron chi connectivity index (χ4n) is 1.52. The zero-order valence-corrected chi connectivity index (χ0v) is 11.9. The van der Waals surface area contributed by atoms with E-state index in [-0.39, 0.29) is 0 Å². The van der Waals surface area contributed by atoms with Crippen molar-refractivity contribution in [3.8, 4) is 6.01 Å². The van der Waals surface area contributed by atoms with Gasteiger partial charge < -0.3 is 15.4 Å². The Hall–Kier alpha value is -2.38. The number of nitrogens with one attached hydrogen (secondary N) is 2. The zero-order valence-electron chi connectivity index (χ0n) is 11.9. The average Bonchev–Trinajstić information content (AvgIpc) is 2.82. The second-order valence-corrected chi connectivity index (χ2v) is 4.12. The van der Waals surface area contributed by atoms with E-state index in [9.17, 15) is 0 Å². The van der Waals surface area contributed by atoms with Gasteiger partial charge in [0.2, 0.25) is 11.9 Å². The lowest BCUT2D eigenvalue weighted by atomic mass is 10.5. The third kappa shape index (κ3) is 3.81. The highest BCUT2D eigenvalue weighted by Gasteiger charge is 2.08. The number of aromatic nitrogens is 5. The van der Waals surface area contributed by atoms with Crippen molar-refractivity contribution in [1.29, 1.82) is 0 Å². The van der Waals surface area contributed by atoms with E-state index in [0.29, 0.717) is 30.3 Å².